The first-order chi connectivity index (χ1) is 14.9. The number of amides is 1. The Hall–Kier alpha value is -3.16. The molecule has 2 aromatic heterocycles. The summed E-state index contributed by atoms with van der Waals surface area (Å²) in [6.45, 7) is 7.72. The van der Waals surface area contributed by atoms with Gasteiger partial charge in [0.2, 0.25) is 5.91 Å². The number of carbonyl (C=O) groups excluding carboxylic acids is 1. The monoisotopic (exact) mass is 425 g/mol. The third-order valence-corrected chi connectivity index (χ3v) is 5.16. The molecule has 0 aliphatic carbocycles. The first kappa shape index (κ1) is 22.5. The highest BCUT2D eigenvalue weighted by atomic mass is 16.2. The summed E-state index contributed by atoms with van der Waals surface area (Å²) in [6.07, 6.45) is 2.39. The number of benzene rings is 1. The van der Waals surface area contributed by atoms with Crippen molar-refractivity contribution in [2.24, 2.45) is 5.92 Å². The van der Waals surface area contributed by atoms with Crippen molar-refractivity contribution in [1.82, 2.24) is 24.4 Å². The van der Waals surface area contributed by atoms with Gasteiger partial charge in [-0.1, -0.05) is 57.5 Å². The van der Waals surface area contributed by atoms with Crippen LogP contribution in [-0.2, 0) is 30.8 Å². The van der Waals surface area contributed by atoms with Gasteiger partial charge in [-0.05, 0) is 17.9 Å². The molecular weight excluding hydrogens is 394 g/mol. The number of H-pyrrole nitrogens is 1. The highest BCUT2D eigenvalue weighted by Gasteiger charge is 2.19. The van der Waals surface area contributed by atoms with Crippen LogP contribution in [0.3, 0.4) is 0 Å². The van der Waals surface area contributed by atoms with Gasteiger partial charge in [0.15, 0.2) is 11.2 Å². The van der Waals surface area contributed by atoms with Crippen molar-refractivity contribution in [2.75, 3.05) is 0 Å². The Bertz CT molecular complexity index is 1140. The van der Waals surface area contributed by atoms with Gasteiger partial charge < -0.3 is 9.88 Å². The molecule has 2 N–H and O–H groups in total. The van der Waals surface area contributed by atoms with E-state index in [1.54, 1.807) is 0 Å². The molecule has 0 saturated heterocycles. The standard InChI is InChI=1S/C23H31N5O3/c1-4-5-13-27-21-20(22(30)26-23(27)31)28(15-16(2)3)18(25-21)11-12-19(29)24-14-17-9-7-6-8-10-17/h6-10,16H,4-5,11-15H2,1-3H3,(H,24,29)(H,26,30,31). The molecule has 1 aromatic carbocycles. The predicted molar refractivity (Wildman–Crippen MR) is 121 cm³/mol. The summed E-state index contributed by atoms with van der Waals surface area (Å²) in [7, 11) is 0. The van der Waals surface area contributed by atoms with Crippen molar-refractivity contribution in [3.05, 3.63) is 62.6 Å². The number of aromatic nitrogens is 4. The minimum absolute atomic E-state index is 0.0794. The zero-order valence-electron chi connectivity index (χ0n) is 18.5. The number of nitrogens with one attached hydrogen (secondary N) is 2. The molecule has 1 amide bonds. The van der Waals surface area contributed by atoms with Crippen LogP contribution < -0.4 is 16.6 Å². The number of unbranched alkanes of at least 4 members (excludes halogenated alkanes) is 1. The number of rotatable bonds is 10. The molecule has 3 aromatic rings. The average molecular weight is 426 g/mol. The van der Waals surface area contributed by atoms with Gasteiger partial charge in [-0.25, -0.2) is 9.78 Å². The molecule has 0 bridgehead atoms. The Kier molecular flexibility index (Phi) is 7.44. The van der Waals surface area contributed by atoms with Crippen molar-refractivity contribution in [3.8, 4) is 0 Å². The second-order valence-corrected chi connectivity index (χ2v) is 8.23. The Balaban J connectivity index is 1.86. The van der Waals surface area contributed by atoms with Gasteiger partial charge in [0, 0.05) is 32.5 Å². The van der Waals surface area contributed by atoms with E-state index >= 15 is 0 Å². The van der Waals surface area contributed by atoms with E-state index in [0.29, 0.717) is 43.0 Å². The molecule has 31 heavy (non-hydrogen) atoms. The van der Waals surface area contributed by atoms with Crippen LogP contribution in [0, 0.1) is 5.92 Å². The minimum atomic E-state index is -0.438. The topological polar surface area (TPSA) is 102 Å². The van der Waals surface area contributed by atoms with Crippen molar-refractivity contribution in [1.29, 1.82) is 0 Å². The normalized spacial score (nSPS) is 11.4. The maximum absolute atomic E-state index is 12.6. The Morgan fingerprint density at radius 1 is 1.16 bits per heavy atom. The number of hydrogen-bond acceptors (Lipinski definition) is 4. The van der Waals surface area contributed by atoms with Gasteiger partial charge >= 0.3 is 5.69 Å². The fourth-order valence-electron chi connectivity index (χ4n) is 3.60. The van der Waals surface area contributed by atoms with Crippen LogP contribution in [0.5, 0.6) is 0 Å². The summed E-state index contributed by atoms with van der Waals surface area (Å²) < 4.78 is 3.40. The number of imidazole rings is 1. The summed E-state index contributed by atoms with van der Waals surface area (Å²) >= 11 is 0. The second-order valence-electron chi connectivity index (χ2n) is 8.23. The first-order valence-corrected chi connectivity index (χ1v) is 10.9. The largest absolute Gasteiger partial charge is 0.352 e. The molecule has 0 aliphatic heterocycles. The summed E-state index contributed by atoms with van der Waals surface area (Å²) in [5.41, 5.74) is 0.981. The van der Waals surface area contributed by atoms with Gasteiger partial charge in [-0.3, -0.25) is 19.1 Å². The molecule has 8 heteroatoms. The molecule has 0 fully saturated rings. The van der Waals surface area contributed by atoms with E-state index in [2.05, 4.69) is 29.1 Å². The van der Waals surface area contributed by atoms with Crippen LogP contribution in [-0.4, -0.2) is 25.0 Å². The summed E-state index contributed by atoms with van der Waals surface area (Å²) in [5, 5.41) is 2.92. The fraction of sp³-hybridized carbons (Fsp3) is 0.478. The third-order valence-electron chi connectivity index (χ3n) is 5.16. The maximum Gasteiger partial charge on any atom is 0.330 e. The fourth-order valence-corrected chi connectivity index (χ4v) is 3.60. The van der Waals surface area contributed by atoms with Gasteiger partial charge in [-0.15, -0.1) is 0 Å². The Morgan fingerprint density at radius 3 is 2.58 bits per heavy atom. The van der Waals surface area contributed by atoms with Crippen LogP contribution >= 0.6 is 0 Å². The highest BCUT2D eigenvalue weighted by molar-refractivity contribution is 5.76. The zero-order chi connectivity index (χ0) is 22.4. The SMILES string of the molecule is CCCCn1c(=O)[nH]c(=O)c2c1nc(CCC(=O)NCc1ccccc1)n2CC(C)C. The summed E-state index contributed by atoms with van der Waals surface area (Å²) in [6, 6.07) is 9.73. The number of fused-ring (bicyclic) bond motifs is 1. The van der Waals surface area contributed by atoms with Crippen molar-refractivity contribution in [3.63, 3.8) is 0 Å². The van der Waals surface area contributed by atoms with Gasteiger partial charge in [-0.2, -0.15) is 0 Å². The lowest BCUT2D eigenvalue weighted by atomic mass is 10.2. The molecule has 0 radical (unpaired) electrons. The highest BCUT2D eigenvalue weighted by Crippen LogP contribution is 2.16. The second kappa shape index (κ2) is 10.2. The van der Waals surface area contributed by atoms with Crippen LogP contribution in [0.15, 0.2) is 39.9 Å². The number of nitrogens with zero attached hydrogens (tertiary/aromatic N) is 3. The van der Waals surface area contributed by atoms with E-state index < -0.39 is 11.2 Å². The molecule has 0 aliphatic rings. The zero-order valence-corrected chi connectivity index (χ0v) is 18.5. The van der Waals surface area contributed by atoms with Crippen molar-refractivity contribution in [2.45, 2.75) is 66.1 Å². The molecule has 2 heterocycles. The minimum Gasteiger partial charge on any atom is -0.352 e. The molecule has 166 valence electrons. The van der Waals surface area contributed by atoms with E-state index in [9.17, 15) is 14.4 Å². The van der Waals surface area contributed by atoms with E-state index in [4.69, 9.17) is 0 Å². The van der Waals surface area contributed by atoms with Crippen LogP contribution in [0.2, 0.25) is 0 Å². The number of aryl methyl sites for hydroxylation is 2. The molecule has 3 rings (SSSR count). The molecule has 8 nitrogen and oxygen atoms in total. The number of carbonyl (C=O) groups is 1. The quantitative estimate of drug-likeness (QED) is 0.521. The summed E-state index contributed by atoms with van der Waals surface area (Å²) in [5.74, 6) is 0.850. The van der Waals surface area contributed by atoms with Gasteiger partial charge in [0.25, 0.3) is 5.56 Å². The van der Waals surface area contributed by atoms with Gasteiger partial charge in [0.1, 0.15) is 5.82 Å². The Morgan fingerprint density at radius 2 is 1.90 bits per heavy atom. The van der Waals surface area contributed by atoms with Crippen LogP contribution in [0.25, 0.3) is 11.2 Å². The molecule has 0 spiro atoms. The molecular formula is C23H31N5O3. The van der Waals surface area contributed by atoms with Crippen LogP contribution in [0.4, 0.5) is 0 Å². The van der Waals surface area contributed by atoms with Crippen LogP contribution in [0.1, 0.15) is 51.4 Å². The molecule has 0 unspecified atom stereocenters. The van der Waals surface area contributed by atoms with E-state index in [-0.39, 0.29) is 18.2 Å². The Labute approximate surface area is 181 Å². The number of hydrogen-bond donors (Lipinski definition) is 2. The smallest absolute Gasteiger partial charge is 0.330 e. The van der Waals surface area contributed by atoms with Gasteiger partial charge in [0.05, 0.1) is 0 Å². The van der Waals surface area contributed by atoms with E-state index in [0.717, 1.165) is 18.4 Å². The van der Waals surface area contributed by atoms with Crippen molar-refractivity contribution < 1.29 is 4.79 Å². The average Bonchev–Trinajstić information content (AvgIpc) is 3.09. The maximum atomic E-state index is 12.6. The molecule has 0 atom stereocenters. The van der Waals surface area contributed by atoms with E-state index in [1.807, 2.05) is 41.8 Å². The summed E-state index contributed by atoms with van der Waals surface area (Å²) in [4.78, 5) is 44.5. The lowest BCUT2D eigenvalue weighted by Crippen LogP contribution is -2.31. The molecule has 0 saturated carbocycles. The van der Waals surface area contributed by atoms with Crippen molar-refractivity contribution >= 4 is 17.1 Å². The number of aromatic amines is 1. The first-order valence-electron chi connectivity index (χ1n) is 10.9. The lowest BCUT2D eigenvalue weighted by Gasteiger charge is -2.11. The lowest BCUT2D eigenvalue weighted by molar-refractivity contribution is -0.121. The predicted octanol–water partition coefficient (Wildman–Crippen LogP) is 2.59. The van der Waals surface area contributed by atoms with E-state index in [1.165, 1.54) is 4.57 Å². The third kappa shape index (κ3) is 5.51.